The second-order valence-corrected chi connectivity index (χ2v) is 6.82. The normalized spacial score (nSPS) is 27.5. The highest BCUT2D eigenvalue weighted by molar-refractivity contribution is 5.97. The molecule has 0 spiro atoms. The molecule has 2 aliphatic heterocycles. The molecule has 0 bridgehead atoms. The predicted molar refractivity (Wildman–Crippen MR) is 95.0 cm³/mol. The summed E-state index contributed by atoms with van der Waals surface area (Å²) in [6.07, 6.45) is -2.60. The third-order valence-electron chi connectivity index (χ3n) is 4.84. The average molecular weight is 396 g/mol. The first kappa shape index (κ1) is 20.6. The van der Waals surface area contributed by atoms with Crippen LogP contribution in [0.3, 0.4) is 0 Å². The monoisotopic (exact) mass is 396 g/mol. The van der Waals surface area contributed by atoms with Gasteiger partial charge in [0.2, 0.25) is 0 Å². The number of rotatable bonds is 6. The molecule has 0 aliphatic carbocycles. The first-order chi connectivity index (χ1) is 13.3. The Morgan fingerprint density at radius 2 is 2.07 bits per heavy atom. The van der Waals surface area contributed by atoms with Crippen LogP contribution in [-0.4, -0.2) is 71.3 Å². The molecule has 0 aromatic heterocycles. The van der Waals surface area contributed by atoms with E-state index in [9.17, 15) is 25.2 Å². The summed E-state index contributed by atoms with van der Waals surface area (Å²) < 4.78 is 21.0. The molecule has 0 amide bonds. The van der Waals surface area contributed by atoms with Gasteiger partial charge in [-0.05, 0) is 13.3 Å². The van der Waals surface area contributed by atoms with E-state index in [2.05, 4.69) is 0 Å². The summed E-state index contributed by atoms with van der Waals surface area (Å²) in [7, 11) is 1.48. The zero-order valence-corrected chi connectivity index (χ0v) is 15.6. The van der Waals surface area contributed by atoms with E-state index in [1.807, 2.05) is 13.0 Å². The number of aromatic hydroxyl groups is 1. The predicted octanol–water partition coefficient (Wildman–Crippen LogP) is 0.0156. The number of ether oxygens (including phenoxy) is 4. The summed E-state index contributed by atoms with van der Waals surface area (Å²) in [6.45, 7) is 1.88. The quantitative estimate of drug-likeness (QED) is 0.387. The van der Waals surface area contributed by atoms with Gasteiger partial charge in [0.25, 0.3) is 0 Å². The standard InChI is InChI=1S/C19H24O9/c1-9(6-27-19-17(23)16(22)13(21)8-28-19)3-4-10-11-7-26-18(24)15(11)12(20)5-14(10)25-2/h3,5,13,16-17,19-23H,4,6-8H2,1-2H3. The molecular weight excluding hydrogens is 372 g/mol. The Hall–Kier alpha value is -2.17. The Balaban J connectivity index is 1.68. The number of phenolic OH excluding ortho intramolecular Hbond substituents is 1. The number of carbonyl (C=O) groups excluding carboxylic acids is 1. The minimum atomic E-state index is -1.35. The topological polar surface area (TPSA) is 135 Å². The maximum atomic E-state index is 11.8. The first-order valence-electron chi connectivity index (χ1n) is 8.85. The lowest BCUT2D eigenvalue weighted by molar-refractivity contribution is -0.267. The van der Waals surface area contributed by atoms with Gasteiger partial charge in [0, 0.05) is 17.2 Å². The van der Waals surface area contributed by atoms with E-state index < -0.39 is 30.6 Å². The lowest BCUT2D eigenvalue weighted by Crippen LogP contribution is -2.53. The van der Waals surface area contributed by atoms with Crippen LogP contribution in [0.4, 0.5) is 0 Å². The van der Waals surface area contributed by atoms with Crippen LogP contribution >= 0.6 is 0 Å². The van der Waals surface area contributed by atoms with E-state index in [1.165, 1.54) is 13.2 Å². The van der Waals surface area contributed by atoms with Gasteiger partial charge in [-0.3, -0.25) is 0 Å². The summed E-state index contributed by atoms with van der Waals surface area (Å²) in [4.78, 5) is 11.8. The largest absolute Gasteiger partial charge is 0.507 e. The average Bonchev–Trinajstić information content (AvgIpc) is 3.06. The van der Waals surface area contributed by atoms with Gasteiger partial charge in [-0.25, -0.2) is 4.79 Å². The number of carbonyl (C=O) groups is 1. The number of allylic oxidation sites excluding steroid dienone is 1. The summed E-state index contributed by atoms with van der Waals surface area (Å²) in [5, 5.41) is 39.0. The van der Waals surface area contributed by atoms with Crippen LogP contribution in [0.1, 0.15) is 28.4 Å². The summed E-state index contributed by atoms with van der Waals surface area (Å²) in [5.74, 6) is -0.293. The Bertz CT molecular complexity index is 773. The minimum Gasteiger partial charge on any atom is -0.507 e. The summed E-state index contributed by atoms with van der Waals surface area (Å²) in [6, 6.07) is 1.39. The van der Waals surface area contributed by atoms with Crippen molar-refractivity contribution in [3.63, 3.8) is 0 Å². The molecule has 4 atom stereocenters. The van der Waals surface area contributed by atoms with Crippen molar-refractivity contribution in [3.05, 3.63) is 34.4 Å². The Labute approximate surface area is 161 Å². The van der Waals surface area contributed by atoms with Crippen LogP contribution in [0.15, 0.2) is 17.7 Å². The van der Waals surface area contributed by atoms with E-state index in [0.29, 0.717) is 17.7 Å². The zero-order valence-electron chi connectivity index (χ0n) is 15.6. The van der Waals surface area contributed by atoms with E-state index in [1.54, 1.807) is 0 Å². The molecule has 1 saturated heterocycles. The van der Waals surface area contributed by atoms with Crippen molar-refractivity contribution in [1.29, 1.82) is 0 Å². The lowest BCUT2D eigenvalue weighted by atomic mass is 9.97. The van der Waals surface area contributed by atoms with Gasteiger partial charge < -0.3 is 39.4 Å². The number of benzene rings is 1. The van der Waals surface area contributed by atoms with Crippen molar-refractivity contribution in [2.24, 2.45) is 0 Å². The van der Waals surface area contributed by atoms with Gasteiger partial charge in [0.1, 0.15) is 42.0 Å². The fraction of sp³-hybridized carbons (Fsp3) is 0.526. The lowest BCUT2D eigenvalue weighted by Gasteiger charge is -2.34. The summed E-state index contributed by atoms with van der Waals surface area (Å²) >= 11 is 0. The molecule has 0 radical (unpaired) electrons. The molecule has 1 aromatic rings. The molecule has 154 valence electrons. The van der Waals surface area contributed by atoms with Crippen molar-refractivity contribution in [2.45, 2.75) is 44.6 Å². The number of esters is 1. The number of fused-ring (bicyclic) bond motifs is 1. The fourth-order valence-electron chi connectivity index (χ4n) is 3.22. The smallest absolute Gasteiger partial charge is 0.342 e. The highest BCUT2D eigenvalue weighted by Gasteiger charge is 2.38. The van der Waals surface area contributed by atoms with Crippen LogP contribution in [-0.2, 0) is 27.2 Å². The van der Waals surface area contributed by atoms with Crippen LogP contribution in [0.5, 0.6) is 11.5 Å². The van der Waals surface area contributed by atoms with Gasteiger partial charge in [0.15, 0.2) is 6.29 Å². The highest BCUT2D eigenvalue weighted by atomic mass is 16.7. The summed E-state index contributed by atoms with van der Waals surface area (Å²) in [5.41, 5.74) is 2.29. The SMILES string of the molecule is COc1cc(O)c2c(c1CC=C(C)COC1OCC(O)C(O)C1O)COC2=O. The van der Waals surface area contributed by atoms with Crippen LogP contribution < -0.4 is 4.74 Å². The molecule has 2 aliphatic rings. The number of methoxy groups -OCH3 is 1. The second kappa shape index (κ2) is 8.46. The van der Waals surface area contributed by atoms with Crippen LogP contribution in [0.2, 0.25) is 0 Å². The number of aliphatic hydroxyl groups is 3. The molecule has 9 nitrogen and oxygen atoms in total. The van der Waals surface area contributed by atoms with Crippen molar-refractivity contribution in [3.8, 4) is 11.5 Å². The maximum absolute atomic E-state index is 11.8. The third kappa shape index (κ3) is 3.98. The molecule has 4 unspecified atom stereocenters. The molecule has 4 N–H and O–H groups in total. The van der Waals surface area contributed by atoms with Crippen molar-refractivity contribution in [1.82, 2.24) is 0 Å². The Morgan fingerprint density at radius 1 is 1.32 bits per heavy atom. The minimum absolute atomic E-state index is 0.0694. The molecule has 1 aromatic carbocycles. The number of phenols is 1. The zero-order chi connectivity index (χ0) is 20.4. The molecular formula is C19H24O9. The van der Waals surface area contributed by atoms with E-state index in [-0.39, 0.29) is 31.1 Å². The molecule has 28 heavy (non-hydrogen) atoms. The molecule has 0 saturated carbocycles. The van der Waals surface area contributed by atoms with Crippen molar-refractivity contribution < 1.29 is 44.2 Å². The van der Waals surface area contributed by atoms with Crippen LogP contribution in [0, 0.1) is 0 Å². The van der Waals surface area contributed by atoms with Gasteiger partial charge in [-0.15, -0.1) is 0 Å². The number of aliphatic hydroxyl groups excluding tert-OH is 3. The second-order valence-electron chi connectivity index (χ2n) is 6.82. The third-order valence-corrected chi connectivity index (χ3v) is 4.84. The van der Waals surface area contributed by atoms with E-state index in [4.69, 9.17) is 18.9 Å². The van der Waals surface area contributed by atoms with Gasteiger partial charge in [-0.1, -0.05) is 11.6 Å². The van der Waals surface area contributed by atoms with Gasteiger partial charge in [-0.2, -0.15) is 0 Å². The van der Waals surface area contributed by atoms with E-state index >= 15 is 0 Å². The fourth-order valence-corrected chi connectivity index (χ4v) is 3.22. The molecule has 1 fully saturated rings. The molecule has 3 rings (SSSR count). The highest BCUT2D eigenvalue weighted by Crippen LogP contribution is 2.38. The molecule has 9 heteroatoms. The Kier molecular flexibility index (Phi) is 6.21. The van der Waals surface area contributed by atoms with Gasteiger partial charge >= 0.3 is 5.97 Å². The number of hydrogen-bond donors (Lipinski definition) is 4. The maximum Gasteiger partial charge on any atom is 0.342 e. The van der Waals surface area contributed by atoms with E-state index in [0.717, 1.165) is 11.1 Å². The first-order valence-corrected chi connectivity index (χ1v) is 8.85. The van der Waals surface area contributed by atoms with Crippen molar-refractivity contribution >= 4 is 5.97 Å². The Morgan fingerprint density at radius 3 is 2.79 bits per heavy atom. The van der Waals surface area contributed by atoms with Crippen LogP contribution in [0.25, 0.3) is 0 Å². The molecule has 2 heterocycles. The van der Waals surface area contributed by atoms with Gasteiger partial charge in [0.05, 0.1) is 20.3 Å². The van der Waals surface area contributed by atoms with Crippen molar-refractivity contribution in [2.75, 3.05) is 20.3 Å². The number of cyclic esters (lactones) is 1. The number of hydrogen-bond acceptors (Lipinski definition) is 9.